The molecule has 0 saturated heterocycles. The molecular weight excluding hydrogens is 252 g/mol. The van der Waals surface area contributed by atoms with Crippen LogP contribution in [0.5, 0.6) is 0 Å². The number of rotatable bonds is 3. The van der Waals surface area contributed by atoms with Crippen LogP contribution in [0.4, 0.5) is 11.5 Å². The molecule has 2 rings (SSSR count). The first-order chi connectivity index (χ1) is 7.68. The van der Waals surface area contributed by atoms with Gasteiger partial charge in [-0.25, -0.2) is 15.0 Å². The molecule has 2 N–H and O–H groups in total. The fraction of sp³-hybridized carbons (Fsp3) is 0. The van der Waals surface area contributed by atoms with Crippen LogP contribution < -0.4 is 5.73 Å². The van der Waals surface area contributed by atoms with Crippen LogP contribution in [-0.4, -0.2) is 24.2 Å². The molecule has 0 saturated carbocycles. The van der Waals surface area contributed by atoms with E-state index >= 15 is 0 Å². The summed E-state index contributed by atoms with van der Waals surface area (Å²) in [7, 11) is 0. The van der Waals surface area contributed by atoms with E-state index in [9.17, 15) is 10.1 Å². The van der Waals surface area contributed by atoms with E-state index in [-0.39, 0.29) is 16.5 Å². The molecule has 0 aliphatic heterocycles. The van der Waals surface area contributed by atoms with E-state index in [1.807, 2.05) is 0 Å². The molecule has 0 aliphatic rings. The molecule has 10 heteroatoms. The molecule has 2 heterocycles. The largest absolute Gasteiger partial charge is 0.378 e. The summed E-state index contributed by atoms with van der Waals surface area (Å²) in [5.41, 5.74) is 5.11. The van der Waals surface area contributed by atoms with Crippen molar-refractivity contribution in [2.24, 2.45) is 0 Å². The van der Waals surface area contributed by atoms with Gasteiger partial charge in [0.15, 0.2) is 9.37 Å². The van der Waals surface area contributed by atoms with Gasteiger partial charge in [-0.2, -0.15) is 4.37 Å². The van der Waals surface area contributed by atoms with Crippen molar-refractivity contribution in [1.29, 1.82) is 0 Å². The summed E-state index contributed by atoms with van der Waals surface area (Å²) >= 11 is 2.16. The average molecular weight is 256 g/mol. The fourth-order valence-corrected chi connectivity index (χ4v) is 2.35. The SMILES string of the molecule is Nc1ncnc(Sc2ncns2)c1[N+](=O)[O-]. The predicted octanol–water partition coefficient (Wildman–Crippen LogP) is 0.970. The van der Waals surface area contributed by atoms with Gasteiger partial charge in [0, 0.05) is 0 Å². The third kappa shape index (κ3) is 2.06. The second-order valence-corrected chi connectivity index (χ2v) is 4.50. The Labute approximate surface area is 97.3 Å². The van der Waals surface area contributed by atoms with E-state index < -0.39 is 4.92 Å². The zero-order valence-electron chi connectivity index (χ0n) is 7.60. The summed E-state index contributed by atoms with van der Waals surface area (Å²) in [5.74, 6) is -0.160. The van der Waals surface area contributed by atoms with Crippen molar-refractivity contribution in [3.63, 3.8) is 0 Å². The van der Waals surface area contributed by atoms with Gasteiger partial charge in [0.05, 0.1) is 4.92 Å². The van der Waals surface area contributed by atoms with E-state index in [2.05, 4.69) is 19.3 Å². The summed E-state index contributed by atoms with van der Waals surface area (Å²) in [4.78, 5) is 21.4. The molecule has 0 atom stereocenters. The number of hydrogen-bond donors (Lipinski definition) is 1. The summed E-state index contributed by atoms with van der Waals surface area (Å²) in [6, 6.07) is 0. The van der Waals surface area contributed by atoms with Crippen LogP contribution >= 0.6 is 23.3 Å². The van der Waals surface area contributed by atoms with Gasteiger partial charge in [-0.05, 0) is 23.3 Å². The zero-order valence-corrected chi connectivity index (χ0v) is 9.23. The van der Waals surface area contributed by atoms with Crippen molar-refractivity contribution in [2.45, 2.75) is 9.37 Å². The molecule has 2 aromatic rings. The maximum Gasteiger partial charge on any atom is 0.343 e. The first-order valence-corrected chi connectivity index (χ1v) is 5.47. The van der Waals surface area contributed by atoms with Crippen LogP contribution in [0.3, 0.4) is 0 Å². The lowest BCUT2D eigenvalue weighted by Gasteiger charge is -1.99. The van der Waals surface area contributed by atoms with Gasteiger partial charge in [0.1, 0.15) is 12.7 Å². The summed E-state index contributed by atoms with van der Waals surface area (Å²) < 4.78 is 4.34. The molecule has 8 nitrogen and oxygen atoms in total. The number of nitro groups is 1. The standard InChI is InChI=1S/C6H4N6O2S2/c7-4-3(12(13)14)5(9-1-8-4)15-6-10-2-11-16-6/h1-2H,(H2,7,8,9). The molecule has 0 aromatic carbocycles. The van der Waals surface area contributed by atoms with Gasteiger partial charge < -0.3 is 5.73 Å². The third-order valence-corrected chi connectivity index (χ3v) is 3.23. The fourth-order valence-electron chi connectivity index (χ4n) is 0.912. The lowest BCUT2D eigenvalue weighted by molar-refractivity contribution is -0.387. The molecule has 0 spiro atoms. The molecule has 16 heavy (non-hydrogen) atoms. The third-order valence-electron chi connectivity index (χ3n) is 1.52. The minimum absolute atomic E-state index is 0.160. The van der Waals surface area contributed by atoms with Crippen LogP contribution in [0.15, 0.2) is 22.0 Å². The lowest BCUT2D eigenvalue weighted by Crippen LogP contribution is -2.01. The average Bonchev–Trinajstić information content (AvgIpc) is 2.70. The Balaban J connectivity index is 2.40. The van der Waals surface area contributed by atoms with Crippen molar-refractivity contribution in [3.05, 3.63) is 22.8 Å². The maximum atomic E-state index is 10.8. The normalized spacial score (nSPS) is 10.2. The molecule has 0 aliphatic carbocycles. The van der Waals surface area contributed by atoms with E-state index in [0.29, 0.717) is 4.34 Å². The Morgan fingerprint density at radius 2 is 2.19 bits per heavy atom. The number of hydrogen-bond acceptors (Lipinski definition) is 9. The smallest absolute Gasteiger partial charge is 0.343 e. The quantitative estimate of drug-likeness (QED) is 0.489. The molecule has 82 valence electrons. The topological polar surface area (TPSA) is 121 Å². The van der Waals surface area contributed by atoms with E-state index in [4.69, 9.17) is 5.73 Å². The van der Waals surface area contributed by atoms with E-state index in [1.165, 1.54) is 12.7 Å². The van der Waals surface area contributed by atoms with Crippen LogP contribution in [0.25, 0.3) is 0 Å². The molecule has 0 bridgehead atoms. The van der Waals surface area contributed by atoms with Crippen molar-refractivity contribution in [2.75, 3.05) is 5.73 Å². The highest BCUT2D eigenvalue weighted by Gasteiger charge is 2.22. The first kappa shape index (κ1) is 10.7. The van der Waals surface area contributed by atoms with E-state index in [1.54, 1.807) is 0 Å². The van der Waals surface area contributed by atoms with Gasteiger partial charge in [-0.3, -0.25) is 10.1 Å². The van der Waals surface area contributed by atoms with Crippen LogP contribution in [0.1, 0.15) is 0 Å². The zero-order chi connectivity index (χ0) is 11.5. The molecule has 0 amide bonds. The van der Waals surface area contributed by atoms with Crippen LogP contribution in [-0.2, 0) is 0 Å². The highest BCUT2D eigenvalue weighted by Crippen LogP contribution is 2.35. The second kappa shape index (κ2) is 4.37. The number of anilines is 1. The highest BCUT2D eigenvalue weighted by atomic mass is 32.2. The Hall–Kier alpha value is -1.81. The molecule has 2 aromatic heterocycles. The number of nitrogens with two attached hydrogens (primary N) is 1. The predicted molar refractivity (Wildman–Crippen MR) is 57.1 cm³/mol. The Bertz CT molecular complexity index is 516. The minimum atomic E-state index is -0.612. The summed E-state index contributed by atoms with van der Waals surface area (Å²) in [6.07, 6.45) is 2.54. The summed E-state index contributed by atoms with van der Waals surface area (Å²) in [5, 5.41) is 10.9. The first-order valence-electron chi connectivity index (χ1n) is 3.88. The highest BCUT2D eigenvalue weighted by molar-refractivity contribution is 8.01. The molecule has 0 fully saturated rings. The van der Waals surface area contributed by atoms with Gasteiger partial charge in [0.25, 0.3) is 0 Å². The van der Waals surface area contributed by atoms with Gasteiger partial charge in [0.2, 0.25) is 5.82 Å². The van der Waals surface area contributed by atoms with E-state index in [0.717, 1.165) is 23.3 Å². The van der Waals surface area contributed by atoms with Crippen molar-refractivity contribution in [3.8, 4) is 0 Å². The van der Waals surface area contributed by atoms with Gasteiger partial charge in [-0.15, -0.1) is 0 Å². The Morgan fingerprint density at radius 3 is 2.81 bits per heavy atom. The second-order valence-electron chi connectivity index (χ2n) is 2.48. The van der Waals surface area contributed by atoms with Crippen molar-refractivity contribution < 1.29 is 4.92 Å². The van der Waals surface area contributed by atoms with Crippen molar-refractivity contribution >= 4 is 34.8 Å². The lowest BCUT2D eigenvalue weighted by atomic mass is 10.5. The maximum absolute atomic E-state index is 10.8. The molecular formula is C6H4N6O2S2. The van der Waals surface area contributed by atoms with Crippen LogP contribution in [0.2, 0.25) is 0 Å². The van der Waals surface area contributed by atoms with Crippen LogP contribution in [0, 0.1) is 10.1 Å². The van der Waals surface area contributed by atoms with Gasteiger partial charge in [-0.1, -0.05) is 0 Å². The monoisotopic (exact) mass is 256 g/mol. The molecule has 0 radical (unpaired) electrons. The number of nitrogens with zero attached hydrogens (tertiary/aromatic N) is 5. The Kier molecular flexibility index (Phi) is 2.92. The number of aromatic nitrogens is 4. The minimum Gasteiger partial charge on any atom is -0.378 e. The van der Waals surface area contributed by atoms with Crippen molar-refractivity contribution in [1.82, 2.24) is 19.3 Å². The summed E-state index contributed by atoms with van der Waals surface area (Å²) in [6.45, 7) is 0. The molecule has 0 unspecified atom stereocenters. The number of nitrogen functional groups attached to an aromatic ring is 1. The Morgan fingerprint density at radius 1 is 1.38 bits per heavy atom. The van der Waals surface area contributed by atoms with Gasteiger partial charge >= 0.3 is 5.69 Å².